The molecule has 0 amide bonds. The molecule has 22 heavy (non-hydrogen) atoms. The molecule has 1 aliphatic heterocycles. The molecule has 1 N–H and O–H groups in total. The molecule has 0 aliphatic carbocycles. The Hall–Kier alpha value is -1.44. The van der Waals surface area contributed by atoms with Gasteiger partial charge in [-0.2, -0.15) is 4.31 Å². The largest absolute Gasteiger partial charge is 0.315 e. The van der Waals surface area contributed by atoms with Gasteiger partial charge in [0, 0.05) is 36.9 Å². The van der Waals surface area contributed by atoms with Crippen LogP contribution in [0, 0.1) is 0 Å². The van der Waals surface area contributed by atoms with E-state index in [0.717, 1.165) is 18.4 Å². The quantitative estimate of drug-likeness (QED) is 0.815. The van der Waals surface area contributed by atoms with Crippen LogP contribution in [0.4, 0.5) is 0 Å². The van der Waals surface area contributed by atoms with Crippen LogP contribution in [0.15, 0.2) is 35.5 Å². The number of hydrogen-bond donors (Lipinski definition) is 1. The van der Waals surface area contributed by atoms with E-state index in [4.69, 9.17) is 7.85 Å². The summed E-state index contributed by atoms with van der Waals surface area (Å²) in [5.41, 5.74) is 0.386. The zero-order valence-electron chi connectivity index (χ0n) is 12.5. The molecule has 5 nitrogen and oxygen atoms in total. The second kappa shape index (κ2) is 5.99. The van der Waals surface area contributed by atoms with E-state index in [-0.39, 0.29) is 10.9 Å². The van der Waals surface area contributed by atoms with Gasteiger partial charge in [-0.3, -0.25) is 4.98 Å². The summed E-state index contributed by atoms with van der Waals surface area (Å²) in [6.45, 7) is 3.92. The normalized spacial score (nSPS) is 20.9. The monoisotopic (exact) mass is 315 g/mol. The molecule has 2 aromatic rings. The lowest BCUT2D eigenvalue weighted by Crippen LogP contribution is -2.41. The first-order chi connectivity index (χ1) is 10.5. The highest BCUT2D eigenvalue weighted by molar-refractivity contribution is 7.89. The summed E-state index contributed by atoms with van der Waals surface area (Å²) in [4.78, 5) is 4.30. The van der Waals surface area contributed by atoms with Crippen molar-refractivity contribution in [3.05, 3.63) is 30.6 Å². The van der Waals surface area contributed by atoms with Crippen LogP contribution in [-0.4, -0.2) is 51.2 Å². The predicted molar refractivity (Wildman–Crippen MR) is 88.0 cm³/mol. The van der Waals surface area contributed by atoms with Crippen molar-refractivity contribution in [1.82, 2.24) is 14.6 Å². The lowest BCUT2D eigenvalue weighted by Gasteiger charge is -2.26. The minimum Gasteiger partial charge on any atom is -0.315 e. The van der Waals surface area contributed by atoms with Gasteiger partial charge in [-0.1, -0.05) is 17.6 Å². The molecule has 2 radical (unpaired) electrons. The molecular formula is C15H18BN3O2S. The van der Waals surface area contributed by atoms with Crippen molar-refractivity contribution in [2.45, 2.75) is 24.3 Å². The maximum absolute atomic E-state index is 13.1. The molecule has 7 heteroatoms. The molecule has 114 valence electrons. The standard InChI is InChI=1S/C15H18BN3O2S/c1-11-8-17-6-3-7-19(11)22(20,21)14-5-2-4-12-9-18-10-13(16)15(12)14/h2,4-5,9-11,17H,3,6-8H2,1H3/t11-/m0/s1. The molecule has 1 fully saturated rings. The SMILES string of the molecule is [B]c1cncc2cccc(S(=O)(=O)N3CCCNC[C@@H]3C)c12. The van der Waals surface area contributed by atoms with Crippen molar-refractivity contribution in [2.24, 2.45) is 0 Å². The van der Waals surface area contributed by atoms with Crippen molar-refractivity contribution in [3.8, 4) is 0 Å². The first-order valence-electron chi connectivity index (χ1n) is 7.36. The Morgan fingerprint density at radius 1 is 1.36 bits per heavy atom. The van der Waals surface area contributed by atoms with Crippen LogP contribution < -0.4 is 10.8 Å². The van der Waals surface area contributed by atoms with Crippen molar-refractivity contribution in [3.63, 3.8) is 0 Å². The number of nitrogens with zero attached hydrogens (tertiary/aromatic N) is 2. The van der Waals surface area contributed by atoms with E-state index in [9.17, 15) is 8.42 Å². The second-order valence-corrected chi connectivity index (χ2v) is 7.46. The van der Waals surface area contributed by atoms with Gasteiger partial charge in [0.1, 0.15) is 7.85 Å². The Morgan fingerprint density at radius 3 is 3.00 bits per heavy atom. The first kappa shape index (κ1) is 15.5. The predicted octanol–water partition coefficient (Wildman–Crippen LogP) is 0.401. The number of fused-ring (bicyclic) bond motifs is 1. The lowest BCUT2D eigenvalue weighted by molar-refractivity contribution is 0.354. The number of benzene rings is 1. The summed E-state index contributed by atoms with van der Waals surface area (Å²) < 4.78 is 27.8. The molecule has 0 unspecified atom stereocenters. The van der Waals surface area contributed by atoms with Crippen LogP contribution in [0.1, 0.15) is 13.3 Å². The minimum absolute atomic E-state index is 0.0918. The molecule has 2 heterocycles. The average Bonchev–Trinajstić information content (AvgIpc) is 2.72. The zero-order valence-corrected chi connectivity index (χ0v) is 13.3. The highest BCUT2D eigenvalue weighted by Gasteiger charge is 2.31. The highest BCUT2D eigenvalue weighted by Crippen LogP contribution is 2.25. The Balaban J connectivity index is 2.17. The Bertz CT molecular complexity index is 789. The first-order valence-corrected chi connectivity index (χ1v) is 8.80. The number of rotatable bonds is 2. The molecule has 1 aromatic carbocycles. The number of aromatic nitrogens is 1. The van der Waals surface area contributed by atoms with Crippen LogP contribution in [-0.2, 0) is 10.0 Å². The van der Waals surface area contributed by atoms with E-state index in [1.54, 1.807) is 22.6 Å². The van der Waals surface area contributed by atoms with Gasteiger partial charge < -0.3 is 5.32 Å². The summed E-state index contributed by atoms with van der Waals surface area (Å²) in [5, 5.41) is 4.55. The highest BCUT2D eigenvalue weighted by atomic mass is 32.2. The third kappa shape index (κ3) is 2.64. The Kier molecular flexibility index (Phi) is 4.21. The average molecular weight is 315 g/mol. The van der Waals surface area contributed by atoms with Crippen LogP contribution in [0.25, 0.3) is 10.8 Å². The summed E-state index contributed by atoms with van der Waals surface area (Å²) in [6.07, 6.45) is 3.93. The third-order valence-electron chi connectivity index (χ3n) is 4.02. The number of pyridine rings is 1. The van der Waals surface area contributed by atoms with Crippen LogP contribution in [0.2, 0.25) is 0 Å². The van der Waals surface area contributed by atoms with Gasteiger partial charge >= 0.3 is 0 Å². The number of nitrogens with one attached hydrogen (secondary N) is 1. The Morgan fingerprint density at radius 2 is 2.18 bits per heavy atom. The summed E-state index contributed by atoms with van der Waals surface area (Å²) in [6, 6.07) is 5.09. The molecule has 1 aromatic heterocycles. The van der Waals surface area contributed by atoms with E-state index in [2.05, 4.69) is 10.3 Å². The fraction of sp³-hybridized carbons (Fsp3) is 0.400. The number of hydrogen-bond acceptors (Lipinski definition) is 4. The van der Waals surface area contributed by atoms with Crippen molar-refractivity contribution in [2.75, 3.05) is 19.6 Å². The van der Waals surface area contributed by atoms with Crippen LogP contribution in [0.3, 0.4) is 0 Å². The van der Waals surface area contributed by atoms with Crippen molar-refractivity contribution in [1.29, 1.82) is 0 Å². The van der Waals surface area contributed by atoms with E-state index in [1.165, 1.54) is 6.20 Å². The van der Waals surface area contributed by atoms with Gasteiger partial charge in [0.05, 0.1) is 4.90 Å². The smallest absolute Gasteiger partial charge is 0.243 e. The van der Waals surface area contributed by atoms with Crippen LogP contribution >= 0.6 is 0 Å². The van der Waals surface area contributed by atoms with Gasteiger partial charge in [0.15, 0.2) is 0 Å². The van der Waals surface area contributed by atoms with Gasteiger partial charge in [-0.25, -0.2) is 8.42 Å². The molecule has 1 saturated heterocycles. The maximum Gasteiger partial charge on any atom is 0.243 e. The fourth-order valence-corrected chi connectivity index (χ4v) is 4.83. The topological polar surface area (TPSA) is 62.3 Å². The number of sulfonamides is 1. The molecular weight excluding hydrogens is 297 g/mol. The fourth-order valence-electron chi connectivity index (χ4n) is 2.92. The maximum atomic E-state index is 13.1. The van der Waals surface area contributed by atoms with Crippen LogP contribution in [0.5, 0.6) is 0 Å². The van der Waals surface area contributed by atoms with Gasteiger partial charge in [-0.05, 0) is 31.3 Å². The minimum atomic E-state index is -3.60. The Labute approximate surface area is 132 Å². The molecule has 0 saturated carbocycles. The van der Waals surface area contributed by atoms with E-state index >= 15 is 0 Å². The van der Waals surface area contributed by atoms with Crippen molar-refractivity contribution < 1.29 is 8.42 Å². The van der Waals surface area contributed by atoms with E-state index < -0.39 is 10.0 Å². The third-order valence-corrected chi connectivity index (χ3v) is 6.08. The molecule has 0 bridgehead atoms. The van der Waals surface area contributed by atoms with Crippen molar-refractivity contribution >= 4 is 34.1 Å². The van der Waals surface area contributed by atoms with Gasteiger partial charge in [0.2, 0.25) is 10.0 Å². The molecule has 0 spiro atoms. The molecule has 1 atom stereocenters. The van der Waals surface area contributed by atoms with E-state index in [0.29, 0.717) is 23.9 Å². The summed E-state index contributed by atoms with van der Waals surface area (Å²) >= 11 is 0. The molecule has 3 rings (SSSR count). The second-order valence-electron chi connectivity index (χ2n) is 5.61. The summed E-state index contributed by atoms with van der Waals surface area (Å²) in [5.74, 6) is 0. The van der Waals surface area contributed by atoms with E-state index in [1.807, 2.05) is 13.0 Å². The zero-order chi connectivity index (χ0) is 15.7. The molecule has 1 aliphatic rings. The summed E-state index contributed by atoms with van der Waals surface area (Å²) in [7, 11) is 2.39. The lowest BCUT2D eigenvalue weighted by atomic mass is 9.93. The van der Waals surface area contributed by atoms with Gasteiger partial charge in [0.25, 0.3) is 0 Å². The van der Waals surface area contributed by atoms with Gasteiger partial charge in [-0.15, -0.1) is 0 Å².